The lowest BCUT2D eigenvalue weighted by molar-refractivity contribution is -0.135. The molecule has 122 valence electrons. The SMILES string of the molecule is COCC(=O)N1CCN(c2ccc(-n3ccc(C)n3)nn2)CC1. The standard InChI is InChI=1S/C15H20N6O2/c1-12-5-6-21(18-12)14-4-3-13(16-17-14)19-7-9-20(10-8-19)15(22)11-23-2/h3-6H,7-11H2,1-2H3. The molecule has 1 amide bonds. The molecule has 0 spiro atoms. The lowest BCUT2D eigenvalue weighted by atomic mass is 10.3. The van der Waals surface area contributed by atoms with Gasteiger partial charge in [0.1, 0.15) is 6.61 Å². The molecule has 23 heavy (non-hydrogen) atoms. The highest BCUT2D eigenvalue weighted by atomic mass is 16.5. The average Bonchev–Trinajstić information content (AvgIpc) is 3.02. The summed E-state index contributed by atoms with van der Waals surface area (Å²) in [5.41, 5.74) is 0.938. The van der Waals surface area contributed by atoms with Crippen molar-refractivity contribution in [2.45, 2.75) is 6.92 Å². The second kappa shape index (κ2) is 6.74. The number of methoxy groups -OCH3 is 1. The summed E-state index contributed by atoms with van der Waals surface area (Å²) in [5.74, 6) is 1.54. The molecule has 8 nitrogen and oxygen atoms in total. The monoisotopic (exact) mass is 316 g/mol. The third-order valence-electron chi connectivity index (χ3n) is 3.82. The molecular weight excluding hydrogens is 296 g/mol. The van der Waals surface area contributed by atoms with Crippen molar-refractivity contribution >= 4 is 11.7 Å². The van der Waals surface area contributed by atoms with Gasteiger partial charge in [-0.2, -0.15) is 5.10 Å². The van der Waals surface area contributed by atoms with Crippen molar-refractivity contribution in [1.29, 1.82) is 0 Å². The number of carbonyl (C=O) groups is 1. The molecule has 0 atom stereocenters. The predicted octanol–water partition coefficient (Wildman–Crippen LogP) is 0.266. The minimum Gasteiger partial charge on any atom is -0.375 e. The molecule has 1 fully saturated rings. The number of carbonyl (C=O) groups excluding carboxylic acids is 1. The van der Waals surface area contributed by atoms with Gasteiger partial charge < -0.3 is 14.5 Å². The van der Waals surface area contributed by atoms with Crippen LogP contribution < -0.4 is 4.90 Å². The molecule has 0 aromatic carbocycles. The van der Waals surface area contributed by atoms with Crippen LogP contribution in [0.1, 0.15) is 5.69 Å². The van der Waals surface area contributed by atoms with Crippen molar-refractivity contribution in [2.24, 2.45) is 0 Å². The van der Waals surface area contributed by atoms with E-state index in [4.69, 9.17) is 4.74 Å². The molecule has 3 rings (SSSR count). The van der Waals surface area contributed by atoms with Gasteiger partial charge in [0.05, 0.1) is 5.69 Å². The summed E-state index contributed by atoms with van der Waals surface area (Å²) < 4.78 is 6.59. The number of aryl methyl sites for hydroxylation is 1. The van der Waals surface area contributed by atoms with E-state index >= 15 is 0 Å². The van der Waals surface area contributed by atoms with Crippen LogP contribution in [-0.4, -0.2) is 70.7 Å². The third kappa shape index (κ3) is 3.48. The van der Waals surface area contributed by atoms with Gasteiger partial charge in [0.2, 0.25) is 5.91 Å². The number of anilines is 1. The van der Waals surface area contributed by atoms with E-state index in [9.17, 15) is 4.79 Å². The van der Waals surface area contributed by atoms with Crippen molar-refractivity contribution in [3.8, 4) is 5.82 Å². The van der Waals surface area contributed by atoms with Crippen LogP contribution in [0.15, 0.2) is 24.4 Å². The van der Waals surface area contributed by atoms with Crippen LogP contribution in [0.5, 0.6) is 0 Å². The van der Waals surface area contributed by atoms with Gasteiger partial charge in [-0.3, -0.25) is 4.79 Å². The average molecular weight is 316 g/mol. The molecule has 0 aliphatic carbocycles. The molecule has 2 aromatic rings. The van der Waals surface area contributed by atoms with Crippen LogP contribution in [-0.2, 0) is 9.53 Å². The quantitative estimate of drug-likeness (QED) is 0.806. The normalized spacial score (nSPS) is 15.0. The van der Waals surface area contributed by atoms with E-state index in [0.29, 0.717) is 18.9 Å². The maximum absolute atomic E-state index is 11.8. The Hall–Kier alpha value is -2.48. The number of nitrogens with zero attached hydrogens (tertiary/aromatic N) is 6. The molecule has 1 saturated heterocycles. The molecule has 0 N–H and O–H groups in total. The van der Waals surface area contributed by atoms with Crippen LogP contribution in [0.3, 0.4) is 0 Å². The first-order valence-electron chi connectivity index (χ1n) is 7.55. The molecule has 1 aliphatic rings. The summed E-state index contributed by atoms with van der Waals surface area (Å²) in [5, 5.41) is 12.8. The van der Waals surface area contributed by atoms with Crippen LogP contribution >= 0.6 is 0 Å². The van der Waals surface area contributed by atoms with Crippen molar-refractivity contribution in [3.63, 3.8) is 0 Å². The number of piperazine rings is 1. The molecule has 0 unspecified atom stereocenters. The Kier molecular flexibility index (Phi) is 4.52. The molecule has 0 bridgehead atoms. The van der Waals surface area contributed by atoms with Gasteiger partial charge in [-0.1, -0.05) is 0 Å². The molecule has 3 heterocycles. The van der Waals surface area contributed by atoms with Crippen molar-refractivity contribution < 1.29 is 9.53 Å². The van der Waals surface area contributed by atoms with E-state index in [2.05, 4.69) is 20.2 Å². The Bertz CT molecular complexity index is 661. The molecule has 2 aromatic heterocycles. The Labute approximate surface area is 134 Å². The Morgan fingerprint density at radius 3 is 2.39 bits per heavy atom. The fourth-order valence-corrected chi connectivity index (χ4v) is 2.55. The molecular formula is C15H20N6O2. The predicted molar refractivity (Wildman–Crippen MR) is 84.6 cm³/mol. The summed E-state index contributed by atoms with van der Waals surface area (Å²) in [6.07, 6.45) is 1.86. The fourth-order valence-electron chi connectivity index (χ4n) is 2.55. The molecule has 0 radical (unpaired) electrons. The first kappa shape index (κ1) is 15.4. The van der Waals surface area contributed by atoms with Gasteiger partial charge in [-0.25, -0.2) is 4.68 Å². The second-order valence-electron chi connectivity index (χ2n) is 5.45. The summed E-state index contributed by atoms with van der Waals surface area (Å²) in [6, 6.07) is 5.76. The Balaban J connectivity index is 1.62. The van der Waals surface area contributed by atoms with E-state index < -0.39 is 0 Å². The van der Waals surface area contributed by atoms with Crippen LogP contribution in [0.2, 0.25) is 0 Å². The first-order valence-corrected chi connectivity index (χ1v) is 7.55. The van der Waals surface area contributed by atoms with Crippen LogP contribution in [0, 0.1) is 6.92 Å². The summed E-state index contributed by atoms with van der Waals surface area (Å²) in [6.45, 7) is 4.89. The van der Waals surface area contributed by atoms with Crippen molar-refractivity contribution in [3.05, 3.63) is 30.1 Å². The second-order valence-corrected chi connectivity index (χ2v) is 5.45. The minimum atomic E-state index is 0.0302. The number of aromatic nitrogens is 4. The van der Waals surface area contributed by atoms with Gasteiger partial charge in [0.15, 0.2) is 11.6 Å². The van der Waals surface area contributed by atoms with Gasteiger partial charge in [-0.05, 0) is 25.1 Å². The molecule has 1 aliphatic heterocycles. The fraction of sp³-hybridized carbons (Fsp3) is 0.467. The van der Waals surface area contributed by atoms with Gasteiger partial charge in [0.25, 0.3) is 0 Å². The van der Waals surface area contributed by atoms with E-state index in [1.165, 1.54) is 7.11 Å². The zero-order chi connectivity index (χ0) is 16.2. The van der Waals surface area contributed by atoms with E-state index in [1.54, 1.807) is 4.68 Å². The lowest BCUT2D eigenvalue weighted by Gasteiger charge is -2.35. The smallest absolute Gasteiger partial charge is 0.248 e. The van der Waals surface area contributed by atoms with Gasteiger partial charge >= 0.3 is 0 Å². The van der Waals surface area contributed by atoms with E-state index in [1.807, 2.05) is 36.2 Å². The summed E-state index contributed by atoms with van der Waals surface area (Å²) in [7, 11) is 1.53. The maximum atomic E-state index is 11.8. The Morgan fingerprint density at radius 2 is 1.83 bits per heavy atom. The van der Waals surface area contributed by atoms with Crippen molar-refractivity contribution in [2.75, 3.05) is 44.8 Å². The van der Waals surface area contributed by atoms with Gasteiger partial charge in [-0.15, -0.1) is 10.2 Å². The topological polar surface area (TPSA) is 76.4 Å². The third-order valence-corrected chi connectivity index (χ3v) is 3.82. The van der Waals surface area contributed by atoms with E-state index in [-0.39, 0.29) is 12.5 Å². The number of hydrogen-bond donors (Lipinski definition) is 0. The van der Waals surface area contributed by atoms with E-state index in [0.717, 1.165) is 24.6 Å². The lowest BCUT2D eigenvalue weighted by Crippen LogP contribution is -2.50. The zero-order valence-corrected chi connectivity index (χ0v) is 13.3. The van der Waals surface area contributed by atoms with Gasteiger partial charge in [0, 0.05) is 39.5 Å². The summed E-state index contributed by atoms with van der Waals surface area (Å²) in [4.78, 5) is 15.7. The van der Waals surface area contributed by atoms with Crippen LogP contribution in [0.25, 0.3) is 5.82 Å². The highest BCUT2D eigenvalue weighted by Gasteiger charge is 2.21. The number of hydrogen-bond acceptors (Lipinski definition) is 6. The minimum absolute atomic E-state index is 0.0302. The first-order chi connectivity index (χ1) is 11.2. The Morgan fingerprint density at radius 1 is 1.13 bits per heavy atom. The van der Waals surface area contributed by atoms with Crippen molar-refractivity contribution in [1.82, 2.24) is 24.9 Å². The number of amides is 1. The number of ether oxygens (including phenoxy) is 1. The molecule has 0 saturated carbocycles. The summed E-state index contributed by atoms with van der Waals surface area (Å²) >= 11 is 0. The zero-order valence-electron chi connectivity index (χ0n) is 13.3. The largest absolute Gasteiger partial charge is 0.375 e. The van der Waals surface area contributed by atoms with Crippen LogP contribution in [0.4, 0.5) is 5.82 Å². The number of rotatable bonds is 4. The maximum Gasteiger partial charge on any atom is 0.248 e. The highest BCUT2D eigenvalue weighted by Crippen LogP contribution is 2.14. The highest BCUT2D eigenvalue weighted by molar-refractivity contribution is 5.77. The molecule has 8 heteroatoms.